The van der Waals surface area contributed by atoms with E-state index in [0.29, 0.717) is 0 Å². The van der Waals surface area contributed by atoms with Gasteiger partial charge in [-0.2, -0.15) is 8.42 Å². The third-order valence-electron chi connectivity index (χ3n) is 2.75. The lowest BCUT2D eigenvalue weighted by Gasteiger charge is -2.20. The zero-order valence-corrected chi connectivity index (χ0v) is 14.6. The van der Waals surface area contributed by atoms with Crippen LogP contribution in [0.15, 0.2) is 29.2 Å². The quantitative estimate of drug-likeness (QED) is 0.593. The minimum absolute atomic E-state index is 0.0601. The molecule has 0 heterocycles. The molecule has 124 valence electrons. The number of aryl methyl sites for hydroxylation is 1. The second-order valence-electron chi connectivity index (χ2n) is 6.45. The number of esters is 1. The minimum Gasteiger partial charge on any atom is -0.460 e. The summed E-state index contributed by atoms with van der Waals surface area (Å²) in [5, 5.41) is 0. The first-order chi connectivity index (χ1) is 9.99. The molecule has 0 saturated carbocycles. The summed E-state index contributed by atoms with van der Waals surface area (Å²) in [6, 6.07) is 6.42. The maximum absolute atomic E-state index is 12.0. The van der Waals surface area contributed by atoms with E-state index in [4.69, 9.17) is 8.92 Å². The van der Waals surface area contributed by atoms with E-state index in [0.717, 1.165) is 5.56 Å². The molecule has 1 rings (SSSR count). The summed E-state index contributed by atoms with van der Waals surface area (Å²) in [4.78, 5) is 11.8. The zero-order chi connectivity index (χ0) is 17.0. The van der Waals surface area contributed by atoms with Gasteiger partial charge in [0.25, 0.3) is 10.1 Å². The second kappa shape index (κ2) is 7.24. The number of hydrogen-bond donors (Lipinski definition) is 0. The van der Waals surface area contributed by atoms with Crippen molar-refractivity contribution in [2.75, 3.05) is 6.61 Å². The standard InChI is InChI=1S/C16H24O5S/c1-12-6-8-14(9-7-12)22(18,19)20-11-13(2)10-15(17)21-16(3,4)5/h6-9,13H,10-11H2,1-5H3. The van der Waals surface area contributed by atoms with Crippen LogP contribution in [0.5, 0.6) is 0 Å². The van der Waals surface area contributed by atoms with Crippen molar-refractivity contribution in [2.45, 2.75) is 51.5 Å². The Morgan fingerprint density at radius 2 is 1.73 bits per heavy atom. The van der Waals surface area contributed by atoms with Gasteiger partial charge in [0.05, 0.1) is 17.9 Å². The molecule has 1 aromatic carbocycles. The molecule has 0 fully saturated rings. The highest BCUT2D eigenvalue weighted by Crippen LogP contribution is 2.16. The van der Waals surface area contributed by atoms with Gasteiger partial charge in [-0.1, -0.05) is 24.6 Å². The number of ether oxygens (including phenoxy) is 1. The average molecular weight is 328 g/mol. The number of hydrogen-bond acceptors (Lipinski definition) is 5. The summed E-state index contributed by atoms with van der Waals surface area (Å²) in [7, 11) is -3.80. The fourth-order valence-electron chi connectivity index (χ4n) is 1.71. The van der Waals surface area contributed by atoms with Crippen LogP contribution in [0.4, 0.5) is 0 Å². The minimum atomic E-state index is -3.80. The monoisotopic (exact) mass is 328 g/mol. The molecule has 0 spiro atoms. The fraction of sp³-hybridized carbons (Fsp3) is 0.562. The maximum Gasteiger partial charge on any atom is 0.306 e. The molecule has 22 heavy (non-hydrogen) atoms. The molecule has 0 aliphatic carbocycles. The number of carbonyl (C=O) groups excluding carboxylic acids is 1. The van der Waals surface area contributed by atoms with Crippen LogP contribution in [0.3, 0.4) is 0 Å². The Labute approximate surface area is 132 Å². The van der Waals surface area contributed by atoms with Crippen LogP contribution in [0.25, 0.3) is 0 Å². The van der Waals surface area contributed by atoms with Crippen molar-refractivity contribution in [3.05, 3.63) is 29.8 Å². The molecular weight excluding hydrogens is 304 g/mol. The van der Waals surface area contributed by atoms with Gasteiger partial charge in [-0.25, -0.2) is 0 Å². The average Bonchev–Trinajstić information content (AvgIpc) is 2.34. The maximum atomic E-state index is 12.0. The Kier molecular flexibility index (Phi) is 6.14. The van der Waals surface area contributed by atoms with Gasteiger partial charge in [0.2, 0.25) is 0 Å². The first kappa shape index (κ1) is 18.6. The van der Waals surface area contributed by atoms with Crippen LogP contribution in [0.1, 0.15) is 39.7 Å². The molecule has 0 bridgehead atoms. The normalized spacial score (nSPS) is 13.7. The molecule has 0 aromatic heterocycles. The Morgan fingerprint density at radius 3 is 2.23 bits per heavy atom. The molecule has 0 radical (unpaired) electrons. The van der Waals surface area contributed by atoms with E-state index >= 15 is 0 Å². The zero-order valence-electron chi connectivity index (χ0n) is 13.8. The summed E-state index contributed by atoms with van der Waals surface area (Å²) >= 11 is 0. The van der Waals surface area contributed by atoms with Crippen molar-refractivity contribution < 1.29 is 22.1 Å². The molecule has 0 aliphatic heterocycles. The van der Waals surface area contributed by atoms with Gasteiger partial charge >= 0.3 is 5.97 Å². The fourth-order valence-corrected chi connectivity index (χ4v) is 2.72. The molecule has 0 saturated heterocycles. The van der Waals surface area contributed by atoms with Gasteiger partial charge in [-0.3, -0.25) is 8.98 Å². The Bertz CT molecular complexity index is 596. The van der Waals surface area contributed by atoms with Gasteiger partial charge in [-0.05, 0) is 45.7 Å². The number of benzene rings is 1. The van der Waals surface area contributed by atoms with E-state index in [-0.39, 0.29) is 29.8 Å². The van der Waals surface area contributed by atoms with E-state index in [1.807, 2.05) is 6.92 Å². The summed E-state index contributed by atoms with van der Waals surface area (Å²) in [5.74, 6) is -0.619. The second-order valence-corrected chi connectivity index (χ2v) is 8.06. The van der Waals surface area contributed by atoms with Gasteiger partial charge < -0.3 is 4.74 Å². The molecular formula is C16H24O5S. The molecule has 1 aromatic rings. The summed E-state index contributed by atoms with van der Waals surface area (Å²) in [5.41, 5.74) is 0.420. The topological polar surface area (TPSA) is 69.7 Å². The van der Waals surface area contributed by atoms with E-state index < -0.39 is 15.7 Å². The predicted octanol–water partition coefficient (Wildman–Crippen LogP) is 3.07. The van der Waals surface area contributed by atoms with Crippen LogP contribution < -0.4 is 0 Å². The van der Waals surface area contributed by atoms with Gasteiger partial charge in [-0.15, -0.1) is 0 Å². The van der Waals surface area contributed by atoms with Gasteiger partial charge in [0.1, 0.15) is 5.60 Å². The number of rotatable bonds is 6. The molecule has 1 atom stereocenters. The third-order valence-corrected chi connectivity index (χ3v) is 4.05. The summed E-state index contributed by atoms with van der Waals surface area (Å²) < 4.78 is 34.3. The van der Waals surface area contributed by atoms with E-state index in [9.17, 15) is 13.2 Å². The van der Waals surface area contributed by atoms with E-state index in [1.54, 1.807) is 39.8 Å². The molecule has 0 N–H and O–H groups in total. The first-order valence-corrected chi connectivity index (χ1v) is 8.58. The SMILES string of the molecule is Cc1ccc(S(=O)(=O)OCC(C)CC(=O)OC(C)(C)C)cc1. The van der Waals surface area contributed by atoms with Crippen molar-refractivity contribution in [3.8, 4) is 0 Å². The molecule has 0 amide bonds. The molecule has 1 unspecified atom stereocenters. The van der Waals surface area contributed by atoms with Crippen molar-refractivity contribution in [2.24, 2.45) is 5.92 Å². The van der Waals surface area contributed by atoms with E-state index in [1.165, 1.54) is 12.1 Å². The van der Waals surface area contributed by atoms with Gasteiger partial charge in [0.15, 0.2) is 0 Å². The van der Waals surface area contributed by atoms with Crippen LogP contribution in [0.2, 0.25) is 0 Å². The lowest BCUT2D eigenvalue weighted by molar-refractivity contribution is -0.156. The van der Waals surface area contributed by atoms with Crippen LogP contribution in [0, 0.1) is 12.8 Å². The lowest BCUT2D eigenvalue weighted by atomic mass is 10.1. The highest BCUT2D eigenvalue weighted by atomic mass is 32.2. The van der Waals surface area contributed by atoms with Gasteiger partial charge in [0, 0.05) is 0 Å². The highest BCUT2D eigenvalue weighted by molar-refractivity contribution is 7.86. The molecule has 6 heteroatoms. The third kappa shape index (κ3) is 6.58. The van der Waals surface area contributed by atoms with Crippen molar-refractivity contribution in [1.82, 2.24) is 0 Å². The van der Waals surface area contributed by atoms with Crippen LogP contribution in [-0.4, -0.2) is 26.6 Å². The Balaban J connectivity index is 2.54. The van der Waals surface area contributed by atoms with Crippen molar-refractivity contribution >= 4 is 16.1 Å². The van der Waals surface area contributed by atoms with Crippen LogP contribution >= 0.6 is 0 Å². The largest absolute Gasteiger partial charge is 0.460 e. The molecule has 5 nitrogen and oxygen atoms in total. The highest BCUT2D eigenvalue weighted by Gasteiger charge is 2.21. The summed E-state index contributed by atoms with van der Waals surface area (Å²) in [6.45, 7) is 8.92. The Hall–Kier alpha value is -1.40. The van der Waals surface area contributed by atoms with Crippen molar-refractivity contribution in [1.29, 1.82) is 0 Å². The van der Waals surface area contributed by atoms with E-state index in [2.05, 4.69) is 0 Å². The predicted molar refractivity (Wildman–Crippen MR) is 83.9 cm³/mol. The summed E-state index contributed by atoms with van der Waals surface area (Å²) in [6.07, 6.45) is 0.112. The van der Waals surface area contributed by atoms with Crippen molar-refractivity contribution in [3.63, 3.8) is 0 Å². The lowest BCUT2D eigenvalue weighted by Crippen LogP contribution is -2.26. The Morgan fingerprint density at radius 1 is 1.18 bits per heavy atom. The molecule has 0 aliphatic rings. The first-order valence-electron chi connectivity index (χ1n) is 7.17. The number of carbonyl (C=O) groups is 1. The smallest absolute Gasteiger partial charge is 0.306 e. The van der Waals surface area contributed by atoms with Crippen LogP contribution in [-0.2, 0) is 23.8 Å².